The molecule has 0 heterocycles. The number of benzene rings is 1. The van der Waals surface area contributed by atoms with Gasteiger partial charge in [0, 0.05) is 23.2 Å². The van der Waals surface area contributed by atoms with Crippen LogP contribution < -0.4 is 10.1 Å². The monoisotopic (exact) mass is 283 g/mol. The zero-order valence-corrected chi connectivity index (χ0v) is 10.9. The van der Waals surface area contributed by atoms with Crippen LogP contribution in [0.15, 0.2) is 12.1 Å². The van der Waals surface area contributed by atoms with E-state index in [4.69, 9.17) is 23.2 Å². The summed E-state index contributed by atoms with van der Waals surface area (Å²) >= 11 is 11.6. The van der Waals surface area contributed by atoms with E-state index in [0.717, 1.165) is 0 Å². The number of alkyl halides is 2. The Morgan fingerprint density at radius 1 is 1.29 bits per heavy atom. The molecule has 0 bridgehead atoms. The van der Waals surface area contributed by atoms with Gasteiger partial charge < -0.3 is 10.1 Å². The van der Waals surface area contributed by atoms with Crippen LogP contribution in [0.1, 0.15) is 19.4 Å². The van der Waals surface area contributed by atoms with Crippen LogP contribution in [0.2, 0.25) is 10.0 Å². The average molecular weight is 284 g/mol. The lowest BCUT2D eigenvalue weighted by molar-refractivity contribution is -0.0504. The van der Waals surface area contributed by atoms with Crippen LogP contribution in [0.25, 0.3) is 0 Å². The minimum absolute atomic E-state index is 0.0285. The van der Waals surface area contributed by atoms with Gasteiger partial charge in [0.1, 0.15) is 5.75 Å². The highest BCUT2D eigenvalue weighted by molar-refractivity contribution is 6.35. The Bertz CT molecular complexity index is 386. The maximum absolute atomic E-state index is 12.2. The molecule has 0 aliphatic heterocycles. The molecule has 1 aromatic rings. The van der Waals surface area contributed by atoms with Crippen LogP contribution >= 0.6 is 23.2 Å². The van der Waals surface area contributed by atoms with Gasteiger partial charge in [-0.25, -0.2) is 0 Å². The molecule has 2 nitrogen and oxygen atoms in total. The Balaban J connectivity index is 2.98. The fraction of sp³-hybridized carbons (Fsp3) is 0.455. The first-order chi connectivity index (χ1) is 7.90. The molecule has 96 valence electrons. The Morgan fingerprint density at radius 3 is 2.47 bits per heavy atom. The van der Waals surface area contributed by atoms with Gasteiger partial charge in [0.25, 0.3) is 0 Å². The molecule has 0 spiro atoms. The lowest BCUT2D eigenvalue weighted by Crippen LogP contribution is -2.22. The first kappa shape index (κ1) is 14.5. The van der Waals surface area contributed by atoms with Crippen molar-refractivity contribution in [1.29, 1.82) is 0 Å². The van der Waals surface area contributed by atoms with Gasteiger partial charge in [-0.1, -0.05) is 37.0 Å². The molecular formula is C11H13Cl2F2NO. The molecule has 0 aromatic heterocycles. The molecule has 0 aliphatic rings. The van der Waals surface area contributed by atoms with E-state index in [0.29, 0.717) is 17.1 Å². The first-order valence-corrected chi connectivity index (χ1v) is 5.82. The third kappa shape index (κ3) is 4.66. The van der Waals surface area contributed by atoms with Gasteiger partial charge in [-0.15, -0.1) is 0 Å². The molecule has 0 saturated heterocycles. The second-order valence-electron chi connectivity index (χ2n) is 3.79. The first-order valence-electron chi connectivity index (χ1n) is 5.06. The minimum Gasteiger partial charge on any atom is -0.433 e. The van der Waals surface area contributed by atoms with E-state index in [1.165, 1.54) is 6.07 Å². The van der Waals surface area contributed by atoms with Crippen molar-refractivity contribution in [1.82, 2.24) is 5.32 Å². The SMILES string of the molecule is CC(C)NCc1cc(Cl)cc(Cl)c1OC(F)F. The summed E-state index contributed by atoms with van der Waals surface area (Å²) in [5.74, 6) is -0.0285. The van der Waals surface area contributed by atoms with Gasteiger partial charge in [-0.3, -0.25) is 0 Å². The summed E-state index contributed by atoms with van der Waals surface area (Å²) in [5.41, 5.74) is 0.511. The van der Waals surface area contributed by atoms with Gasteiger partial charge in [0.05, 0.1) is 5.02 Å². The van der Waals surface area contributed by atoms with Crippen LogP contribution in [0.5, 0.6) is 5.75 Å². The van der Waals surface area contributed by atoms with Crippen molar-refractivity contribution in [2.24, 2.45) is 0 Å². The third-order valence-corrected chi connectivity index (χ3v) is 2.49. The molecule has 6 heteroatoms. The van der Waals surface area contributed by atoms with E-state index in [1.54, 1.807) is 6.07 Å². The van der Waals surface area contributed by atoms with Crippen LogP contribution in [-0.2, 0) is 6.54 Å². The zero-order chi connectivity index (χ0) is 13.0. The highest BCUT2D eigenvalue weighted by atomic mass is 35.5. The predicted octanol–water partition coefficient (Wildman–Crippen LogP) is 4.09. The number of nitrogens with one attached hydrogen (secondary N) is 1. The summed E-state index contributed by atoms with van der Waals surface area (Å²) < 4.78 is 28.9. The highest BCUT2D eigenvalue weighted by Gasteiger charge is 2.15. The summed E-state index contributed by atoms with van der Waals surface area (Å²) in [6, 6.07) is 3.15. The second kappa shape index (κ2) is 6.38. The minimum atomic E-state index is -2.91. The smallest absolute Gasteiger partial charge is 0.387 e. The summed E-state index contributed by atoms with van der Waals surface area (Å²) in [6.45, 7) is 1.34. The molecule has 0 radical (unpaired) electrons. The number of halogens is 4. The maximum atomic E-state index is 12.2. The van der Waals surface area contributed by atoms with Crippen molar-refractivity contribution in [3.8, 4) is 5.75 Å². The normalized spacial score (nSPS) is 11.3. The fourth-order valence-corrected chi connectivity index (χ4v) is 1.86. The Hall–Kier alpha value is -0.580. The number of ether oxygens (including phenoxy) is 1. The molecule has 1 aromatic carbocycles. The van der Waals surface area contributed by atoms with Gasteiger partial charge >= 0.3 is 6.61 Å². The summed E-state index contributed by atoms with van der Waals surface area (Å²) in [7, 11) is 0. The quantitative estimate of drug-likeness (QED) is 0.879. The highest BCUT2D eigenvalue weighted by Crippen LogP contribution is 2.33. The largest absolute Gasteiger partial charge is 0.433 e. The van der Waals surface area contributed by atoms with Gasteiger partial charge in [-0.05, 0) is 12.1 Å². The van der Waals surface area contributed by atoms with Gasteiger partial charge in [0.2, 0.25) is 0 Å². The Labute approximate surface area is 109 Å². The van der Waals surface area contributed by atoms with Crippen LogP contribution in [0.3, 0.4) is 0 Å². The molecule has 0 fully saturated rings. The van der Waals surface area contributed by atoms with E-state index in [-0.39, 0.29) is 16.8 Å². The van der Waals surface area contributed by atoms with Crippen molar-refractivity contribution in [3.63, 3.8) is 0 Å². The van der Waals surface area contributed by atoms with E-state index in [2.05, 4.69) is 10.1 Å². The van der Waals surface area contributed by atoms with E-state index in [1.807, 2.05) is 13.8 Å². The third-order valence-electron chi connectivity index (χ3n) is 1.99. The summed E-state index contributed by atoms with van der Waals surface area (Å²) in [5, 5.41) is 3.56. The van der Waals surface area contributed by atoms with E-state index < -0.39 is 6.61 Å². The number of rotatable bonds is 5. The molecule has 0 amide bonds. The van der Waals surface area contributed by atoms with Crippen molar-refractivity contribution in [2.45, 2.75) is 33.0 Å². The molecule has 0 aliphatic carbocycles. The van der Waals surface area contributed by atoms with Crippen molar-refractivity contribution < 1.29 is 13.5 Å². The number of hydrogen-bond donors (Lipinski definition) is 1. The van der Waals surface area contributed by atoms with Crippen LogP contribution in [-0.4, -0.2) is 12.7 Å². The van der Waals surface area contributed by atoms with E-state index in [9.17, 15) is 8.78 Å². The van der Waals surface area contributed by atoms with Crippen LogP contribution in [0, 0.1) is 0 Å². The predicted molar refractivity (Wildman–Crippen MR) is 65.1 cm³/mol. The molecular weight excluding hydrogens is 271 g/mol. The van der Waals surface area contributed by atoms with E-state index >= 15 is 0 Å². The van der Waals surface area contributed by atoms with Gasteiger partial charge in [0.15, 0.2) is 0 Å². The Kier molecular flexibility index (Phi) is 5.43. The fourth-order valence-electron chi connectivity index (χ4n) is 1.28. The molecule has 0 atom stereocenters. The molecule has 17 heavy (non-hydrogen) atoms. The Morgan fingerprint density at radius 2 is 1.94 bits per heavy atom. The molecule has 1 rings (SSSR count). The summed E-state index contributed by atoms with van der Waals surface area (Å²) in [6.07, 6.45) is 0. The van der Waals surface area contributed by atoms with Crippen molar-refractivity contribution in [3.05, 3.63) is 27.7 Å². The average Bonchev–Trinajstić information content (AvgIpc) is 2.18. The standard InChI is InChI=1S/C11H13Cl2F2NO/c1-6(2)16-5-7-3-8(12)4-9(13)10(7)17-11(14)15/h3-4,6,11,16H,5H2,1-2H3. The lowest BCUT2D eigenvalue weighted by atomic mass is 10.2. The van der Waals surface area contributed by atoms with Crippen molar-refractivity contribution >= 4 is 23.2 Å². The topological polar surface area (TPSA) is 21.3 Å². The van der Waals surface area contributed by atoms with Gasteiger partial charge in [-0.2, -0.15) is 8.78 Å². The molecule has 1 N–H and O–H groups in total. The molecule has 0 unspecified atom stereocenters. The second-order valence-corrected chi connectivity index (χ2v) is 4.63. The lowest BCUT2D eigenvalue weighted by Gasteiger charge is -2.15. The maximum Gasteiger partial charge on any atom is 0.387 e. The van der Waals surface area contributed by atoms with Crippen LogP contribution in [0.4, 0.5) is 8.78 Å². The zero-order valence-electron chi connectivity index (χ0n) is 9.44. The summed E-state index contributed by atoms with van der Waals surface area (Å²) in [4.78, 5) is 0. The number of hydrogen-bond acceptors (Lipinski definition) is 2. The molecule has 0 saturated carbocycles. The van der Waals surface area contributed by atoms with Crippen molar-refractivity contribution in [2.75, 3.05) is 0 Å².